The van der Waals surface area contributed by atoms with Crippen LogP contribution in [0.3, 0.4) is 0 Å². The summed E-state index contributed by atoms with van der Waals surface area (Å²) < 4.78 is 5.93. The number of hydrogen-bond acceptors (Lipinski definition) is 4. The van der Waals surface area contributed by atoms with Gasteiger partial charge in [0.15, 0.2) is 5.58 Å². The van der Waals surface area contributed by atoms with E-state index in [0.717, 1.165) is 4.47 Å². The van der Waals surface area contributed by atoms with Gasteiger partial charge >= 0.3 is 5.63 Å². The zero-order valence-electron chi connectivity index (χ0n) is 11.6. The van der Waals surface area contributed by atoms with Crippen LogP contribution in [-0.4, -0.2) is 10.9 Å². The molecule has 5 heteroatoms. The summed E-state index contributed by atoms with van der Waals surface area (Å²) in [5.74, 6) is -0.621. The van der Waals surface area contributed by atoms with Crippen LogP contribution in [0.2, 0.25) is 0 Å². The highest BCUT2D eigenvalue weighted by Crippen LogP contribution is 2.30. The molecule has 1 aromatic heterocycles. The van der Waals surface area contributed by atoms with Crippen LogP contribution < -0.4 is 5.63 Å². The van der Waals surface area contributed by atoms with Crippen LogP contribution in [0.5, 0.6) is 5.75 Å². The highest BCUT2D eigenvalue weighted by Gasteiger charge is 2.20. The van der Waals surface area contributed by atoms with Gasteiger partial charge in [0.2, 0.25) is 5.78 Å². The van der Waals surface area contributed by atoms with Crippen molar-refractivity contribution in [2.45, 2.75) is 6.92 Å². The maximum atomic E-state index is 12.7. The van der Waals surface area contributed by atoms with Gasteiger partial charge in [-0.05, 0) is 36.8 Å². The lowest BCUT2D eigenvalue weighted by Crippen LogP contribution is -2.06. The van der Waals surface area contributed by atoms with Gasteiger partial charge in [0.1, 0.15) is 11.3 Å². The third-order valence-electron chi connectivity index (χ3n) is 3.41. The Morgan fingerprint density at radius 3 is 2.68 bits per heavy atom. The number of aromatic hydroxyl groups is 1. The van der Waals surface area contributed by atoms with Crippen molar-refractivity contribution in [2.24, 2.45) is 0 Å². The Labute approximate surface area is 134 Å². The number of hydrogen-bond donors (Lipinski definition) is 1. The number of carbonyl (C=O) groups is 1. The average molecular weight is 359 g/mol. The SMILES string of the molecule is Cc1cc(=O)oc2c(C(=O)c3cccc(Br)c3)c(O)ccc12. The lowest BCUT2D eigenvalue weighted by Gasteiger charge is -2.08. The van der Waals surface area contributed by atoms with Gasteiger partial charge < -0.3 is 9.52 Å². The maximum absolute atomic E-state index is 12.7. The van der Waals surface area contributed by atoms with E-state index < -0.39 is 11.4 Å². The molecular weight excluding hydrogens is 348 g/mol. The van der Waals surface area contributed by atoms with Crippen molar-refractivity contribution in [2.75, 3.05) is 0 Å². The molecule has 0 atom stereocenters. The predicted octanol–water partition coefficient (Wildman–Crippen LogP) is 3.80. The number of carbonyl (C=O) groups excluding carboxylic acids is 1. The minimum Gasteiger partial charge on any atom is -0.507 e. The molecule has 0 aliphatic heterocycles. The third kappa shape index (κ3) is 2.44. The lowest BCUT2D eigenvalue weighted by atomic mass is 9.99. The molecular formula is C17H11BrO4. The second-order valence-electron chi connectivity index (χ2n) is 4.92. The summed E-state index contributed by atoms with van der Waals surface area (Å²) in [5.41, 5.74) is 0.626. The smallest absolute Gasteiger partial charge is 0.336 e. The molecule has 0 fully saturated rings. The number of phenols is 1. The average Bonchev–Trinajstić information content (AvgIpc) is 2.46. The summed E-state index contributed by atoms with van der Waals surface area (Å²) >= 11 is 3.31. The van der Waals surface area contributed by atoms with Crippen LogP contribution in [0.4, 0.5) is 0 Å². The summed E-state index contributed by atoms with van der Waals surface area (Å²) in [7, 11) is 0. The molecule has 0 aliphatic rings. The Bertz CT molecular complexity index is 957. The van der Waals surface area contributed by atoms with Crippen molar-refractivity contribution in [1.29, 1.82) is 0 Å². The summed E-state index contributed by atoms with van der Waals surface area (Å²) in [6, 6.07) is 11.2. The second-order valence-corrected chi connectivity index (χ2v) is 5.84. The van der Waals surface area contributed by atoms with Crippen molar-refractivity contribution in [1.82, 2.24) is 0 Å². The molecule has 0 aliphatic carbocycles. The Morgan fingerprint density at radius 2 is 1.95 bits per heavy atom. The highest BCUT2D eigenvalue weighted by atomic mass is 79.9. The summed E-state index contributed by atoms with van der Waals surface area (Å²) in [5, 5.41) is 10.7. The van der Waals surface area contributed by atoms with E-state index in [9.17, 15) is 14.7 Å². The van der Waals surface area contributed by atoms with Gasteiger partial charge in [0, 0.05) is 21.5 Å². The molecule has 110 valence electrons. The van der Waals surface area contributed by atoms with Gasteiger partial charge in [-0.2, -0.15) is 0 Å². The zero-order chi connectivity index (χ0) is 15.9. The van der Waals surface area contributed by atoms with Crippen LogP contribution >= 0.6 is 15.9 Å². The maximum Gasteiger partial charge on any atom is 0.336 e. The van der Waals surface area contributed by atoms with E-state index in [4.69, 9.17) is 4.42 Å². The molecule has 0 bridgehead atoms. The number of aryl methyl sites for hydroxylation is 1. The molecule has 0 saturated carbocycles. The molecule has 3 aromatic rings. The fourth-order valence-electron chi connectivity index (χ4n) is 2.37. The lowest BCUT2D eigenvalue weighted by molar-refractivity contribution is 0.103. The normalized spacial score (nSPS) is 10.8. The topological polar surface area (TPSA) is 67.5 Å². The second kappa shape index (κ2) is 5.42. The van der Waals surface area contributed by atoms with Crippen LogP contribution in [0, 0.1) is 6.92 Å². The van der Waals surface area contributed by atoms with Crippen LogP contribution in [0.25, 0.3) is 11.0 Å². The number of ketones is 1. The Balaban J connectivity index is 2.32. The highest BCUT2D eigenvalue weighted by molar-refractivity contribution is 9.10. The number of rotatable bonds is 2. The fraction of sp³-hybridized carbons (Fsp3) is 0.0588. The molecule has 0 unspecified atom stereocenters. The molecule has 2 aromatic carbocycles. The molecule has 22 heavy (non-hydrogen) atoms. The van der Waals surface area contributed by atoms with Crippen LogP contribution in [0.1, 0.15) is 21.5 Å². The number of halogens is 1. The van der Waals surface area contributed by atoms with Gasteiger partial charge in [0.25, 0.3) is 0 Å². The van der Waals surface area contributed by atoms with E-state index in [0.29, 0.717) is 16.5 Å². The first kappa shape index (κ1) is 14.5. The van der Waals surface area contributed by atoms with Gasteiger partial charge in [-0.25, -0.2) is 4.79 Å². The van der Waals surface area contributed by atoms with Crippen molar-refractivity contribution in [3.63, 3.8) is 0 Å². The quantitative estimate of drug-likeness (QED) is 0.558. The van der Waals surface area contributed by atoms with E-state index in [1.54, 1.807) is 37.3 Å². The van der Waals surface area contributed by atoms with Crippen LogP contribution in [-0.2, 0) is 0 Å². The fourth-order valence-corrected chi connectivity index (χ4v) is 2.77. The molecule has 0 radical (unpaired) electrons. The minimum atomic E-state index is -0.557. The van der Waals surface area contributed by atoms with Gasteiger partial charge in [-0.1, -0.05) is 28.1 Å². The molecule has 0 spiro atoms. The standard InChI is InChI=1S/C17H11BrO4/c1-9-7-14(20)22-17-12(9)5-6-13(19)15(17)16(21)10-3-2-4-11(18)8-10/h2-8,19H,1H3. The van der Waals surface area contributed by atoms with E-state index in [1.807, 2.05) is 0 Å². The van der Waals surface area contributed by atoms with Crippen LogP contribution in [0.15, 0.2) is 56.1 Å². The third-order valence-corrected chi connectivity index (χ3v) is 3.90. The number of phenolic OH excluding ortho intramolecular Hbond substituents is 1. The minimum absolute atomic E-state index is 0.00333. The van der Waals surface area contributed by atoms with E-state index in [1.165, 1.54) is 12.1 Å². The molecule has 0 saturated heterocycles. The van der Waals surface area contributed by atoms with Crippen molar-refractivity contribution >= 4 is 32.7 Å². The monoisotopic (exact) mass is 358 g/mol. The Kier molecular flexibility index (Phi) is 3.58. The van der Waals surface area contributed by atoms with Gasteiger partial charge in [-0.3, -0.25) is 4.79 Å². The summed E-state index contributed by atoms with van der Waals surface area (Å²) in [4.78, 5) is 24.3. The predicted molar refractivity (Wildman–Crippen MR) is 86.5 cm³/mol. The Morgan fingerprint density at radius 1 is 1.18 bits per heavy atom. The van der Waals surface area contributed by atoms with E-state index >= 15 is 0 Å². The van der Waals surface area contributed by atoms with E-state index in [2.05, 4.69) is 15.9 Å². The molecule has 0 amide bonds. The molecule has 3 rings (SSSR count). The number of fused-ring (bicyclic) bond motifs is 1. The summed E-state index contributed by atoms with van der Waals surface area (Å²) in [6.07, 6.45) is 0. The first-order chi connectivity index (χ1) is 10.5. The molecule has 1 N–H and O–H groups in total. The van der Waals surface area contributed by atoms with Gasteiger partial charge in [-0.15, -0.1) is 0 Å². The Hall–Kier alpha value is -2.40. The molecule has 4 nitrogen and oxygen atoms in total. The van der Waals surface area contributed by atoms with Crippen molar-refractivity contribution in [3.05, 3.63) is 74.0 Å². The largest absolute Gasteiger partial charge is 0.507 e. The molecule has 1 heterocycles. The number of benzene rings is 2. The van der Waals surface area contributed by atoms with E-state index in [-0.39, 0.29) is 16.9 Å². The summed E-state index contributed by atoms with van der Waals surface area (Å²) in [6.45, 7) is 1.75. The first-order valence-corrected chi connectivity index (χ1v) is 7.33. The zero-order valence-corrected chi connectivity index (χ0v) is 13.2. The van der Waals surface area contributed by atoms with Crippen molar-refractivity contribution < 1.29 is 14.3 Å². The first-order valence-electron chi connectivity index (χ1n) is 6.54. The van der Waals surface area contributed by atoms with Crippen molar-refractivity contribution in [3.8, 4) is 5.75 Å². The van der Waals surface area contributed by atoms with Gasteiger partial charge in [0.05, 0.1) is 0 Å².